The van der Waals surface area contributed by atoms with Gasteiger partial charge in [0.05, 0.1) is 47.5 Å². The lowest BCUT2D eigenvalue weighted by Crippen LogP contribution is -2.30. The standard InChI is InChI=1S/C58H61NO14S/c1-5-50(60)67-30-10-8-7-9-29-66-42-23-25-44(26-24-42)70-56(63)39-13-17-40(18-14-39)57(64)72-46-27-28-47(53-52(46)59-54(74-53)49-33-45-36(4)31-35(3)32-48(45)71-49)73-58(65)41-19-15-38(16-20-41)55(62)69-43-21-11-37(12-22-43)34-68-51(61)6-2/h5-6,11-12,21-28,31-33,38-41,54,59H,1-2,7-10,13-20,29-30,34H2,3-4H3. The number of furan rings is 1. The first-order valence-corrected chi connectivity index (χ1v) is 26.1. The van der Waals surface area contributed by atoms with E-state index in [0.29, 0.717) is 104 Å². The third-order valence-corrected chi connectivity index (χ3v) is 14.7. The van der Waals surface area contributed by atoms with Crippen molar-refractivity contribution in [2.24, 2.45) is 23.7 Å². The Kier molecular flexibility index (Phi) is 17.9. The molecule has 5 aromatic rings. The number of thioether (sulfide) groups is 1. The Bertz CT molecular complexity index is 2860. The second kappa shape index (κ2) is 25.1. The average molecular weight is 1030 g/mol. The third-order valence-electron chi connectivity index (χ3n) is 13.5. The number of fused-ring (bicyclic) bond motifs is 2. The summed E-state index contributed by atoms with van der Waals surface area (Å²) in [5, 5.41) is 4.03. The van der Waals surface area contributed by atoms with Crippen molar-refractivity contribution < 1.29 is 66.3 Å². The highest BCUT2D eigenvalue weighted by molar-refractivity contribution is 8.00. The normalized spacial score (nSPS) is 19.0. The Labute approximate surface area is 434 Å². The molecule has 1 aliphatic heterocycles. The van der Waals surface area contributed by atoms with Crippen molar-refractivity contribution in [2.45, 2.75) is 108 Å². The summed E-state index contributed by atoms with van der Waals surface area (Å²) in [5.74, 6) is -1.47. The van der Waals surface area contributed by atoms with Crippen molar-refractivity contribution in [3.8, 4) is 28.7 Å². The molecule has 1 atom stereocenters. The van der Waals surface area contributed by atoms with Gasteiger partial charge in [-0.1, -0.05) is 43.1 Å². The number of aryl methyl sites for hydroxylation is 2. The fourth-order valence-corrected chi connectivity index (χ4v) is 10.5. The van der Waals surface area contributed by atoms with Gasteiger partial charge in [0.15, 0.2) is 5.75 Å². The van der Waals surface area contributed by atoms with Crippen LogP contribution in [-0.2, 0) is 44.8 Å². The fraction of sp³-hybridized carbons (Fsp3) is 0.379. The summed E-state index contributed by atoms with van der Waals surface area (Å²) in [7, 11) is 0. The third kappa shape index (κ3) is 13.8. The topological polar surface area (TPSA) is 192 Å². The Morgan fingerprint density at radius 1 is 0.595 bits per heavy atom. The molecular weight excluding hydrogens is 967 g/mol. The molecule has 1 N–H and O–H groups in total. The van der Waals surface area contributed by atoms with E-state index >= 15 is 0 Å². The molecule has 0 spiro atoms. The van der Waals surface area contributed by atoms with E-state index in [1.165, 1.54) is 11.8 Å². The van der Waals surface area contributed by atoms with E-state index in [4.69, 9.17) is 37.6 Å². The maximum absolute atomic E-state index is 13.8. The zero-order valence-electron chi connectivity index (χ0n) is 41.7. The molecule has 8 rings (SSSR count). The molecule has 1 unspecified atom stereocenters. The summed E-state index contributed by atoms with van der Waals surface area (Å²) < 4.78 is 45.9. The predicted molar refractivity (Wildman–Crippen MR) is 276 cm³/mol. The van der Waals surface area contributed by atoms with Gasteiger partial charge in [0.1, 0.15) is 46.3 Å². The fourth-order valence-electron chi connectivity index (χ4n) is 9.37. The van der Waals surface area contributed by atoms with Crippen molar-refractivity contribution in [1.29, 1.82) is 0 Å². The summed E-state index contributed by atoms with van der Waals surface area (Å²) in [5.41, 5.74) is 4.13. The molecule has 1 aromatic heterocycles. The smallest absolute Gasteiger partial charge is 0.330 e. The number of carbonyl (C=O) groups is 6. The molecule has 0 bridgehead atoms. The van der Waals surface area contributed by atoms with E-state index in [9.17, 15) is 28.8 Å². The van der Waals surface area contributed by atoms with Gasteiger partial charge in [-0.3, -0.25) is 19.2 Å². The molecule has 388 valence electrons. The Hall–Kier alpha value is -7.33. The van der Waals surface area contributed by atoms with Crippen LogP contribution in [0.4, 0.5) is 5.69 Å². The van der Waals surface area contributed by atoms with Crippen LogP contribution in [0.25, 0.3) is 11.0 Å². The molecular formula is C58H61NO14S. The molecule has 2 heterocycles. The van der Waals surface area contributed by atoms with E-state index in [1.54, 1.807) is 60.7 Å². The van der Waals surface area contributed by atoms with Gasteiger partial charge in [-0.05, 0) is 168 Å². The van der Waals surface area contributed by atoms with Gasteiger partial charge in [0.25, 0.3) is 0 Å². The second-order valence-electron chi connectivity index (χ2n) is 18.9. The van der Waals surface area contributed by atoms with Crippen LogP contribution in [0.1, 0.15) is 105 Å². The Balaban J connectivity index is 0.841. The molecule has 2 aliphatic carbocycles. The van der Waals surface area contributed by atoms with Crippen LogP contribution in [0, 0.1) is 37.5 Å². The minimum absolute atomic E-state index is 0.0701. The van der Waals surface area contributed by atoms with Crippen LogP contribution in [0.2, 0.25) is 0 Å². The number of anilines is 1. The zero-order valence-corrected chi connectivity index (χ0v) is 42.5. The molecule has 16 heteroatoms. The van der Waals surface area contributed by atoms with E-state index < -0.39 is 41.1 Å². The number of nitrogens with one attached hydrogen (secondary N) is 1. The minimum Gasteiger partial charge on any atom is -0.494 e. The number of benzene rings is 4. The maximum Gasteiger partial charge on any atom is 0.330 e. The Morgan fingerprint density at radius 2 is 1.09 bits per heavy atom. The van der Waals surface area contributed by atoms with Crippen LogP contribution in [0.15, 0.2) is 113 Å². The number of hydrogen-bond acceptors (Lipinski definition) is 16. The number of ether oxygens (including phenoxy) is 7. The molecule has 3 aliphatic rings. The Morgan fingerprint density at radius 3 is 1.68 bits per heavy atom. The molecule has 15 nitrogen and oxygen atoms in total. The van der Waals surface area contributed by atoms with Gasteiger partial charge in [0, 0.05) is 17.5 Å². The van der Waals surface area contributed by atoms with Crippen molar-refractivity contribution in [1.82, 2.24) is 0 Å². The molecule has 2 saturated carbocycles. The SMILES string of the molecule is C=CC(=O)OCCCCCCOc1ccc(OC(=O)C2CCC(C(=O)Oc3ccc(OC(=O)C4CCC(C(=O)Oc5ccc(COC(=O)C=C)cc5)CC4)c4c3NC(c3cc5c(C)cc(C)cc5o3)S4)CC2)cc1. The molecule has 0 radical (unpaired) electrons. The van der Waals surface area contributed by atoms with Gasteiger partial charge in [-0.15, -0.1) is 0 Å². The van der Waals surface area contributed by atoms with Crippen molar-refractivity contribution >= 4 is 64.2 Å². The van der Waals surface area contributed by atoms with E-state index in [-0.39, 0.29) is 36.1 Å². The zero-order chi connectivity index (χ0) is 52.1. The van der Waals surface area contributed by atoms with E-state index in [2.05, 4.69) is 24.5 Å². The lowest BCUT2D eigenvalue weighted by Gasteiger charge is -2.26. The molecule has 0 amide bonds. The minimum atomic E-state index is -0.529. The quantitative estimate of drug-likeness (QED) is 0.0315. The number of rotatable bonds is 21. The summed E-state index contributed by atoms with van der Waals surface area (Å²) in [6.45, 7) is 11.8. The number of unbranched alkanes of at least 4 members (excludes halogenated alkanes) is 3. The van der Waals surface area contributed by atoms with Gasteiger partial charge in [0.2, 0.25) is 0 Å². The second-order valence-corrected chi connectivity index (χ2v) is 20.0. The highest BCUT2D eigenvalue weighted by Crippen LogP contribution is 2.55. The highest BCUT2D eigenvalue weighted by Gasteiger charge is 2.38. The van der Waals surface area contributed by atoms with Crippen LogP contribution >= 0.6 is 11.8 Å². The summed E-state index contributed by atoms with van der Waals surface area (Å²) in [6, 6.07) is 23.0. The largest absolute Gasteiger partial charge is 0.494 e. The number of esters is 6. The average Bonchev–Trinajstić information content (AvgIpc) is 4.07. The predicted octanol–water partition coefficient (Wildman–Crippen LogP) is 11.8. The van der Waals surface area contributed by atoms with Gasteiger partial charge in [-0.25, -0.2) is 9.59 Å². The van der Waals surface area contributed by atoms with Crippen LogP contribution in [0.3, 0.4) is 0 Å². The lowest BCUT2D eigenvalue weighted by molar-refractivity contribution is -0.145. The van der Waals surface area contributed by atoms with Crippen LogP contribution in [0.5, 0.6) is 28.7 Å². The number of carbonyl (C=O) groups excluding carboxylic acids is 6. The molecule has 2 fully saturated rings. The highest BCUT2D eigenvalue weighted by atomic mass is 32.2. The number of hydrogen-bond donors (Lipinski definition) is 1. The summed E-state index contributed by atoms with van der Waals surface area (Å²) in [6.07, 6.45) is 9.27. The first-order chi connectivity index (χ1) is 35.8. The maximum atomic E-state index is 13.8. The molecule has 74 heavy (non-hydrogen) atoms. The van der Waals surface area contributed by atoms with Crippen molar-refractivity contribution in [3.05, 3.63) is 127 Å². The molecule has 4 aromatic carbocycles. The first kappa shape index (κ1) is 53.0. The monoisotopic (exact) mass is 1030 g/mol. The first-order valence-electron chi connectivity index (χ1n) is 25.2. The van der Waals surface area contributed by atoms with E-state index in [0.717, 1.165) is 65.5 Å². The van der Waals surface area contributed by atoms with Crippen molar-refractivity contribution in [3.63, 3.8) is 0 Å². The summed E-state index contributed by atoms with van der Waals surface area (Å²) >= 11 is 1.40. The van der Waals surface area contributed by atoms with Crippen molar-refractivity contribution in [2.75, 3.05) is 18.5 Å². The van der Waals surface area contributed by atoms with Gasteiger partial charge >= 0.3 is 35.8 Å². The summed E-state index contributed by atoms with van der Waals surface area (Å²) in [4.78, 5) is 77.1. The van der Waals surface area contributed by atoms with Gasteiger partial charge < -0.3 is 42.9 Å². The lowest BCUT2D eigenvalue weighted by atomic mass is 9.82. The van der Waals surface area contributed by atoms with Crippen LogP contribution < -0.4 is 29.0 Å². The van der Waals surface area contributed by atoms with Gasteiger partial charge in [-0.2, -0.15) is 0 Å². The van der Waals surface area contributed by atoms with E-state index in [1.807, 2.05) is 26.0 Å². The molecule has 0 saturated heterocycles. The van der Waals surface area contributed by atoms with Crippen LogP contribution in [-0.4, -0.2) is 49.0 Å².